The van der Waals surface area contributed by atoms with Gasteiger partial charge >= 0.3 is 0 Å². The highest BCUT2D eigenvalue weighted by Crippen LogP contribution is 2.34. The van der Waals surface area contributed by atoms with Crippen molar-refractivity contribution < 1.29 is 9.00 Å². The molecule has 2 atom stereocenters. The monoisotopic (exact) mass is 288 g/mol. The summed E-state index contributed by atoms with van der Waals surface area (Å²) < 4.78 is 11.1. The highest BCUT2D eigenvalue weighted by molar-refractivity contribution is 7.84. The molecule has 5 heteroatoms. The number of carbonyl (C=O) groups excluding carboxylic acids is 1. The van der Waals surface area contributed by atoms with Gasteiger partial charge in [0, 0.05) is 28.9 Å². The molecule has 19 heavy (non-hydrogen) atoms. The van der Waals surface area contributed by atoms with Crippen LogP contribution in [0.5, 0.6) is 0 Å². The van der Waals surface area contributed by atoms with Crippen LogP contribution in [0.2, 0.25) is 0 Å². The molecule has 1 aliphatic rings. The van der Waals surface area contributed by atoms with Crippen LogP contribution in [0, 0.1) is 5.41 Å². The molecule has 0 aromatic heterocycles. The van der Waals surface area contributed by atoms with E-state index in [1.807, 2.05) is 6.92 Å². The third-order valence-corrected chi connectivity index (χ3v) is 4.80. The van der Waals surface area contributed by atoms with Crippen LogP contribution < -0.4 is 10.6 Å². The summed E-state index contributed by atoms with van der Waals surface area (Å²) in [6.45, 7) is 6.01. The molecule has 1 heterocycles. The number of carbonyl (C=O) groups is 1. The molecule has 112 valence electrons. The van der Waals surface area contributed by atoms with Gasteiger partial charge in [-0.25, -0.2) is 0 Å². The first kappa shape index (κ1) is 16.6. The van der Waals surface area contributed by atoms with Crippen molar-refractivity contribution in [3.63, 3.8) is 0 Å². The zero-order valence-corrected chi connectivity index (χ0v) is 13.3. The van der Waals surface area contributed by atoms with Gasteiger partial charge < -0.3 is 10.6 Å². The van der Waals surface area contributed by atoms with Gasteiger partial charge in [-0.15, -0.1) is 0 Å². The Bertz CT molecular complexity index is 309. The first-order valence-corrected chi connectivity index (χ1v) is 9.04. The molecule has 1 rings (SSSR count). The van der Waals surface area contributed by atoms with Crippen molar-refractivity contribution in [2.75, 3.05) is 25.1 Å². The summed E-state index contributed by atoms with van der Waals surface area (Å²) in [7, 11) is -0.781. The highest BCUT2D eigenvalue weighted by atomic mass is 32.2. The smallest absolute Gasteiger partial charge is 0.226 e. The van der Waals surface area contributed by atoms with E-state index < -0.39 is 10.8 Å². The summed E-state index contributed by atoms with van der Waals surface area (Å²) >= 11 is 0. The molecule has 0 saturated carbocycles. The Morgan fingerprint density at radius 2 is 2.05 bits per heavy atom. The average Bonchev–Trinajstić information content (AvgIpc) is 2.37. The van der Waals surface area contributed by atoms with Gasteiger partial charge in [-0.1, -0.05) is 13.3 Å². The molecular weight excluding hydrogens is 260 g/mol. The van der Waals surface area contributed by atoms with Crippen LogP contribution >= 0.6 is 0 Å². The van der Waals surface area contributed by atoms with Crippen LogP contribution in [0.3, 0.4) is 0 Å². The van der Waals surface area contributed by atoms with Crippen LogP contribution in [0.25, 0.3) is 0 Å². The van der Waals surface area contributed by atoms with Gasteiger partial charge in [-0.3, -0.25) is 9.00 Å². The largest absolute Gasteiger partial charge is 0.353 e. The Balaban J connectivity index is 2.54. The van der Waals surface area contributed by atoms with E-state index in [1.54, 1.807) is 6.26 Å². The average molecular weight is 288 g/mol. The minimum absolute atomic E-state index is 0.111. The third kappa shape index (κ3) is 5.22. The number of rotatable bonds is 7. The molecule has 4 nitrogen and oxygen atoms in total. The predicted octanol–water partition coefficient (Wildman–Crippen LogP) is 1.43. The van der Waals surface area contributed by atoms with Crippen molar-refractivity contribution in [2.45, 2.75) is 52.0 Å². The maximum atomic E-state index is 12.6. The zero-order valence-electron chi connectivity index (χ0n) is 12.5. The zero-order chi connectivity index (χ0) is 14.3. The molecule has 0 aromatic rings. The molecule has 2 N–H and O–H groups in total. The van der Waals surface area contributed by atoms with Gasteiger partial charge in [0.15, 0.2) is 0 Å². The van der Waals surface area contributed by atoms with E-state index in [-0.39, 0.29) is 17.4 Å². The van der Waals surface area contributed by atoms with Crippen molar-refractivity contribution in [3.8, 4) is 0 Å². The van der Waals surface area contributed by atoms with E-state index in [0.29, 0.717) is 5.75 Å². The molecule has 1 amide bonds. The van der Waals surface area contributed by atoms with Gasteiger partial charge in [0.25, 0.3) is 0 Å². The van der Waals surface area contributed by atoms with Crippen LogP contribution in [0.4, 0.5) is 0 Å². The number of hydrogen-bond acceptors (Lipinski definition) is 3. The SMILES string of the molecule is CCCC1(C(=O)NC(C)CCS(C)=O)CCNCC1. The fourth-order valence-electron chi connectivity index (χ4n) is 2.77. The van der Waals surface area contributed by atoms with Crippen LogP contribution in [0.15, 0.2) is 0 Å². The van der Waals surface area contributed by atoms with Gasteiger partial charge in [0.1, 0.15) is 0 Å². The Kier molecular flexibility index (Phi) is 7.00. The lowest BCUT2D eigenvalue weighted by Crippen LogP contribution is -2.49. The lowest BCUT2D eigenvalue weighted by atomic mass is 9.74. The van der Waals surface area contributed by atoms with E-state index in [1.165, 1.54) is 0 Å². The summed E-state index contributed by atoms with van der Waals surface area (Å²) in [5, 5.41) is 6.46. The molecule has 0 spiro atoms. The van der Waals surface area contributed by atoms with Gasteiger partial charge in [-0.05, 0) is 45.7 Å². The van der Waals surface area contributed by atoms with Crippen LogP contribution in [-0.4, -0.2) is 41.3 Å². The fraction of sp³-hybridized carbons (Fsp3) is 0.929. The maximum Gasteiger partial charge on any atom is 0.226 e. The minimum atomic E-state index is -0.781. The second-order valence-corrected chi connectivity index (χ2v) is 7.28. The van der Waals surface area contributed by atoms with Crippen LogP contribution in [0.1, 0.15) is 46.0 Å². The molecule has 0 radical (unpaired) electrons. The molecule has 2 unspecified atom stereocenters. The predicted molar refractivity (Wildman–Crippen MR) is 80.6 cm³/mol. The third-order valence-electron chi connectivity index (χ3n) is 3.99. The number of nitrogens with one attached hydrogen (secondary N) is 2. The summed E-state index contributed by atoms with van der Waals surface area (Å²) in [5.74, 6) is 0.856. The summed E-state index contributed by atoms with van der Waals surface area (Å²) in [5.41, 5.74) is -0.181. The second kappa shape index (κ2) is 8.00. The van der Waals surface area contributed by atoms with Gasteiger partial charge in [0.2, 0.25) is 5.91 Å². The lowest BCUT2D eigenvalue weighted by Gasteiger charge is -2.37. The summed E-state index contributed by atoms with van der Waals surface area (Å²) in [4.78, 5) is 12.6. The van der Waals surface area contributed by atoms with Crippen LogP contribution in [-0.2, 0) is 15.6 Å². The minimum Gasteiger partial charge on any atom is -0.353 e. The topological polar surface area (TPSA) is 58.2 Å². The van der Waals surface area contributed by atoms with Crippen molar-refractivity contribution in [3.05, 3.63) is 0 Å². The first-order valence-electron chi connectivity index (χ1n) is 7.32. The van der Waals surface area contributed by atoms with E-state index in [9.17, 15) is 9.00 Å². The van der Waals surface area contributed by atoms with E-state index >= 15 is 0 Å². The number of piperidine rings is 1. The Morgan fingerprint density at radius 3 is 2.58 bits per heavy atom. The maximum absolute atomic E-state index is 12.6. The second-order valence-electron chi connectivity index (χ2n) is 5.72. The Morgan fingerprint density at radius 1 is 1.42 bits per heavy atom. The summed E-state index contributed by atoms with van der Waals surface area (Å²) in [6.07, 6.45) is 6.36. The quantitative estimate of drug-likeness (QED) is 0.745. The van der Waals surface area contributed by atoms with Crippen molar-refractivity contribution >= 4 is 16.7 Å². The van der Waals surface area contributed by atoms with E-state index in [2.05, 4.69) is 17.6 Å². The number of amides is 1. The molecule has 0 bridgehead atoms. The van der Waals surface area contributed by atoms with E-state index in [4.69, 9.17) is 0 Å². The van der Waals surface area contributed by atoms with Crippen molar-refractivity contribution in [1.29, 1.82) is 0 Å². The highest BCUT2D eigenvalue weighted by Gasteiger charge is 2.38. The molecule has 1 fully saturated rings. The van der Waals surface area contributed by atoms with Gasteiger partial charge in [0.05, 0.1) is 5.41 Å². The molecule has 1 saturated heterocycles. The lowest BCUT2D eigenvalue weighted by molar-refractivity contribution is -0.133. The fourth-order valence-corrected chi connectivity index (χ4v) is 3.45. The normalized spacial score (nSPS) is 21.6. The Labute approximate surface area is 119 Å². The molecule has 0 aliphatic carbocycles. The molecule has 1 aliphatic heterocycles. The summed E-state index contributed by atoms with van der Waals surface area (Å²) in [6, 6.07) is 0.111. The number of hydrogen-bond donors (Lipinski definition) is 2. The van der Waals surface area contributed by atoms with Crippen molar-refractivity contribution in [2.24, 2.45) is 5.41 Å². The Hall–Kier alpha value is -0.420. The van der Waals surface area contributed by atoms with Gasteiger partial charge in [-0.2, -0.15) is 0 Å². The standard InChI is InChI=1S/C14H28N2O2S/c1-4-6-14(7-9-15-10-8-14)13(17)16-12(2)5-11-19(3)18/h12,15H,4-11H2,1-3H3,(H,16,17). The molecular formula is C14H28N2O2S. The first-order chi connectivity index (χ1) is 9.00. The molecule has 0 aromatic carbocycles. The van der Waals surface area contributed by atoms with E-state index in [0.717, 1.165) is 45.2 Å². The van der Waals surface area contributed by atoms with Crippen molar-refractivity contribution in [1.82, 2.24) is 10.6 Å².